The minimum absolute atomic E-state index is 0.0397. The first-order valence-electron chi connectivity index (χ1n) is 6.34. The summed E-state index contributed by atoms with van der Waals surface area (Å²) in [5.74, 6) is -0.946. The van der Waals surface area contributed by atoms with E-state index in [1.54, 1.807) is 24.3 Å². The van der Waals surface area contributed by atoms with Gasteiger partial charge in [-0.15, -0.1) is 0 Å². The Labute approximate surface area is 123 Å². The van der Waals surface area contributed by atoms with Crippen LogP contribution in [-0.2, 0) is 6.67 Å². The number of nitro groups is 1. The summed E-state index contributed by atoms with van der Waals surface area (Å²) >= 11 is 0. The maximum atomic E-state index is 12.2. The van der Waals surface area contributed by atoms with Crippen molar-refractivity contribution in [3.8, 4) is 0 Å². The molecule has 1 aromatic heterocycles. The summed E-state index contributed by atoms with van der Waals surface area (Å²) in [5, 5.41) is 18.5. The van der Waals surface area contributed by atoms with E-state index in [0.29, 0.717) is 11.1 Å². The molecule has 2 amide bonds. The maximum Gasteiger partial charge on any atom is 0.285 e. The van der Waals surface area contributed by atoms with Gasteiger partial charge < -0.3 is 4.57 Å². The number of nitrogens with one attached hydrogen (secondary N) is 1. The van der Waals surface area contributed by atoms with Crippen LogP contribution in [0.1, 0.15) is 20.7 Å². The van der Waals surface area contributed by atoms with Gasteiger partial charge >= 0.3 is 0 Å². The summed E-state index contributed by atoms with van der Waals surface area (Å²) in [6.07, 6.45) is 1.13. The zero-order chi connectivity index (χ0) is 15.9. The second kappa shape index (κ2) is 4.92. The van der Waals surface area contributed by atoms with Crippen molar-refractivity contribution in [3.63, 3.8) is 0 Å². The number of benzene rings is 1. The fourth-order valence-corrected chi connectivity index (χ4v) is 2.28. The number of nitrogens with zero attached hydrogens (tertiary/aromatic N) is 3. The van der Waals surface area contributed by atoms with Gasteiger partial charge in [0.15, 0.2) is 0 Å². The van der Waals surface area contributed by atoms with Gasteiger partial charge in [-0.25, -0.2) is 0 Å². The number of pyridine rings is 1. The smallest absolute Gasteiger partial charge is 0.285 e. The van der Waals surface area contributed by atoms with Crippen LogP contribution in [0.2, 0.25) is 0 Å². The zero-order valence-electron chi connectivity index (χ0n) is 11.2. The van der Waals surface area contributed by atoms with Crippen LogP contribution in [0.4, 0.5) is 5.69 Å². The lowest BCUT2D eigenvalue weighted by Crippen LogP contribution is -2.35. The summed E-state index contributed by atoms with van der Waals surface area (Å²) < 4.78 is 1.18. The molecule has 0 radical (unpaired) electrons. The number of carbonyl (C=O) groups is 2. The lowest BCUT2D eigenvalue weighted by molar-refractivity contribution is -0.385. The third-order valence-electron chi connectivity index (χ3n) is 3.39. The van der Waals surface area contributed by atoms with Crippen molar-refractivity contribution < 1.29 is 14.5 Å². The van der Waals surface area contributed by atoms with Gasteiger partial charge in [0.1, 0.15) is 12.2 Å². The number of carbonyl (C=O) groups excluding carboxylic acids is 2. The topological polar surface area (TPSA) is 109 Å². The Bertz CT molecular complexity index is 836. The quantitative estimate of drug-likeness (QED) is 0.520. The minimum atomic E-state index is -0.599. The fourth-order valence-electron chi connectivity index (χ4n) is 2.28. The Morgan fingerprint density at radius 3 is 2.18 bits per heavy atom. The molecule has 0 saturated heterocycles. The Hall–Kier alpha value is -3.29. The van der Waals surface area contributed by atoms with Gasteiger partial charge in [-0.2, -0.15) is 0 Å². The molecule has 1 aromatic carbocycles. The highest BCUT2D eigenvalue weighted by molar-refractivity contribution is 6.21. The number of aromatic nitrogens is 1. The van der Waals surface area contributed by atoms with E-state index >= 15 is 0 Å². The van der Waals surface area contributed by atoms with Gasteiger partial charge in [-0.1, -0.05) is 12.1 Å². The molecule has 1 aliphatic rings. The van der Waals surface area contributed by atoms with Gasteiger partial charge in [0.05, 0.1) is 22.2 Å². The molecule has 0 fully saturated rings. The predicted molar refractivity (Wildman–Crippen MR) is 73.9 cm³/mol. The molecule has 1 aliphatic heterocycles. The molecule has 0 atom stereocenters. The molecular formula is C14H10N4O4. The molecule has 3 rings (SSSR count). The highest BCUT2D eigenvalue weighted by Crippen LogP contribution is 2.22. The number of rotatable bonds is 3. The first-order valence-corrected chi connectivity index (χ1v) is 6.34. The van der Waals surface area contributed by atoms with Gasteiger partial charge in [0, 0.05) is 6.07 Å². The number of fused-ring (bicyclic) bond motifs is 1. The van der Waals surface area contributed by atoms with E-state index in [-0.39, 0.29) is 17.8 Å². The van der Waals surface area contributed by atoms with Gasteiger partial charge in [-0.3, -0.25) is 30.0 Å². The van der Waals surface area contributed by atoms with Crippen molar-refractivity contribution in [2.45, 2.75) is 6.67 Å². The van der Waals surface area contributed by atoms with E-state index < -0.39 is 16.7 Å². The summed E-state index contributed by atoms with van der Waals surface area (Å²) in [6, 6.07) is 8.86. The number of amides is 2. The lowest BCUT2D eigenvalue weighted by atomic mass is 10.1. The molecule has 8 nitrogen and oxygen atoms in total. The van der Waals surface area contributed by atoms with E-state index in [9.17, 15) is 19.7 Å². The van der Waals surface area contributed by atoms with Gasteiger partial charge in [0.2, 0.25) is 0 Å². The van der Waals surface area contributed by atoms with Crippen LogP contribution in [0.15, 0.2) is 42.6 Å². The molecule has 1 N–H and O–H groups in total. The monoisotopic (exact) mass is 298 g/mol. The molecule has 2 aromatic rings. The summed E-state index contributed by atoms with van der Waals surface area (Å²) in [5.41, 5.74) is 0.338. The number of imide groups is 1. The maximum absolute atomic E-state index is 12.2. The molecule has 0 spiro atoms. The van der Waals surface area contributed by atoms with Crippen LogP contribution < -0.4 is 5.49 Å². The number of hydrogen-bond donors (Lipinski definition) is 1. The summed E-state index contributed by atoms with van der Waals surface area (Å²) in [6.45, 7) is -0.243. The highest BCUT2D eigenvalue weighted by Gasteiger charge is 2.35. The van der Waals surface area contributed by atoms with Crippen LogP contribution in [-0.4, -0.2) is 26.2 Å². The zero-order valence-corrected chi connectivity index (χ0v) is 11.2. The summed E-state index contributed by atoms with van der Waals surface area (Å²) in [4.78, 5) is 35.6. The van der Waals surface area contributed by atoms with Crippen molar-refractivity contribution in [2.75, 3.05) is 0 Å². The van der Waals surface area contributed by atoms with Crippen LogP contribution >= 0.6 is 0 Å². The second-order valence-corrected chi connectivity index (χ2v) is 4.72. The third kappa shape index (κ3) is 2.06. The molecular weight excluding hydrogens is 288 g/mol. The van der Waals surface area contributed by atoms with Gasteiger partial charge in [-0.05, 0) is 18.2 Å². The lowest BCUT2D eigenvalue weighted by Gasteiger charge is -2.16. The Kier molecular flexibility index (Phi) is 3.06. The highest BCUT2D eigenvalue weighted by atomic mass is 16.6. The average molecular weight is 298 g/mol. The van der Waals surface area contributed by atoms with Crippen molar-refractivity contribution in [3.05, 3.63) is 69.3 Å². The molecule has 2 heterocycles. The predicted octanol–water partition coefficient (Wildman–Crippen LogP) is 1.13. The first kappa shape index (κ1) is 13.7. The Morgan fingerprint density at radius 1 is 1.05 bits per heavy atom. The SMILES string of the molecule is N=c1ccc([N+](=O)[O-])cn1CN1C(=O)c2ccccc2C1=O. The van der Waals surface area contributed by atoms with Crippen LogP contribution in [0.3, 0.4) is 0 Å². The standard InChI is InChI=1S/C14H10N4O4/c15-12-6-5-9(18(21)22)7-16(12)8-17-13(19)10-3-1-2-4-11(10)14(17)20/h1-7,15H,8H2. The van der Waals surface area contributed by atoms with Crippen molar-refractivity contribution in [1.82, 2.24) is 9.47 Å². The first-order chi connectivity index (χ1) is 10.5. The van der Waals surface area contributed by atoms with Crippen molar-refractivity contribution >= 4 is 17.5 Å². The molecule has 0 aliphatic carbocycles. The van der Waals surface area contributed by atoms with Crippen LogP contribution in [0.5, 0.6) is 0 Å². The van der Waals surface area contributed by atoms with Crippen molar-refractivity contribution in [2.24, 2.45) is 0 Å². The minimum Gasteiger partial charge on any atom is -0.308 e. The molecule has 22 heavy (non-hydrogen) atoms. The van der Waals surface area contributed by atoms with E-state index in [1.165, 1.54) is 16.7 Å². The van der Waals surface area contributed by atoms with Gasteiger partial charge in [0.25, 0.3) is 17.5 Å². The molecule has 110 valence electrons. The molecule has 8 heteroatoms. The third-order valence-corrected chi connectivity index (χ3v) is 3.39. The van der Waals surface area contributed by atoms with Crippen LogP contribution in [0.25, 0.3) is 0 Å². The largest absolute Gasteiger partial charge is 0.308 e. The molecule has 0 unspecified atom stereocenters. The van der Waals surface area contributed by atoms with Crippen molar-refractivity contribution in [1.29, 1.82) is 5.41 Å². The second-order valence-electron chi connectivity index (χ2n) is 4.72. The normalized spacial score (nSPS) is 13.4. The van der Waals surface area contributed by atoms with E-state index in [4.69, 9.17) is 5.41 Å². The summed E-state index contributed by atoms with van der Waals surface area (Å²) in [7, 11) is 0. The number of hydrogen-bond acceptors (Lipinski definition) is 5. The average Bonchev–Trinajstić information content (AvgIpc) is 2.74. The molecule has 0 bridgehead atoms. The Morgan fingerprint density at radius 2 is 1.64 bits per heavy atom. The van der Waals surface area contributed by atoms with Crippen LogP contribution in [0, 0.1) is 15.5 Å². The fraction of sp³-hybridized carbons (Fsp3) is 0.0714. The van der Waals surface area contributed by atoms with E-state index in [0.717, 1.165) is 11.1 Å². The van der Waals surface area contributed by atoms with E-state index in [2.05, 4.69) is 0 Å². The molecule has 0 saturated carbocycles. The van der Waals surface area contributed by atoms with E-state index in [1.807, 2.05) is 0 Å². The Balaban J connectivity index is 1.97.